The van der Waals surface area contributed by atoms with E-state index in [0.29, 0.717) is 12.2 Å². The summed E-state index contributed by atoms with van der Waals surface area (Å²) >= 11 is 0. The second kappa shape index (κ2) is 8.81. The fraction of sp³-hybridized carbons (Fsp3) is 0.806. The van der Waals surface area contributed by atoms with E-state index in [-0.39, 0.29) is 69.0 Å². The van der Waals surface area contributed by atoms with Crippen LogP contribution in [0.1, 0.15) is 99.8 Å². The quantitative estimate of drug-likeness (QED) is 0.482. The van der Waals surface area contributed by atoms with Gasteiger partial charge in [0.05, 0.1) is 11.0 Å². The lowest BCUT2D eigenvalue weighted by atomic mass is 9.36. The molecule has 5 heteroatoms. The lowest BCUT2D eigenvalue weighted by Gasteiger charge is -2.66. The molecule has 5 nitrogen and oxygen atoms in total. The zero-order chi connectivity index (χ0) is 26.8. The summed E-state index contributed by atoms with van der Waals surface area (Å²) in [6, 6.07) is 2.16. The molecule has 36 heavy (non-hydrogen) atoms. The first-order valence-electron chi connectivity index (χ1n) is 14.3. The second-order valence-electron chi connectivity index (χ2n) is 13.7. The van der Waals surface area contributed by atoms with Crippen molar-refractivity contribution in [2.75, 3.05) is 0 Å². The topological polar surface area (TPSA) is 101 Å². The van der Waals surface area contributed by atoms with Crippen LogP contribution in [-0.2, 0) is 14.4 Å². The van der Waals surface area contributed by atoms with Gasteiger partial charge in [-0.2, -0.15) is 5.26 Å². The van der Waals surface area contributed by atoms with Crippen LogP contribution in [0.15, 0.2) is 11.6 Å². The van der Waals surface area contributed by atoms with Crippen molar-refractivity contribution in [3.8, 4) is 6.07 Å². The second-order valence-corrected chi connectivity index (χ2v) is 13.7. The van der Waals surface area contributed by atoms with E-state index in [2.05, 4.69) is 33.8 Å². The Morgan fingerprint density at radius 2 is 1.64 bits per heavy atom. The third-order valence-electron chi connectivity index (χ3n) is 11.8. The van der Waals surface area contributed by atoms with Gasteiger partial charge in [-0.1, -0.05) is 54.5 Å². The van der Waals surface area contributed by atoms with Crippen molar-refractivity contribution in [3.63, 3.8) is 0 Å². The number of rotatable bonds is 1. The lowest BCUT2D eigenvalue weighted by molar-refractivity contribution is -0.187. The van der Waals surface area contributed by atoms with Gasteiger partial charge in [-0.05, 0) is 84.9 Å². The molecule has 4 fully saturated rings. The van der Waals surface area contributed by atoms with Crippen molar-refractivity contribution in [1.82, 2.24) is 0 Å². The maximum absolute atomic E-state index is 14.1. The summed E-state index contributed by atoms with van der Waals surface area (Å²) in [4.78, 5) is 39.7. The highest BCUT2D eigenvalue weighted by atomic mass is 16.1. The Morgan fingerprint density at radius 3 is 2.25 bits per heavy atom. The van der Waals surface area contributed by atoms with Gasteiger partial charge in [-0.25, -0.2) is 0 Å². The molecule has 2 N–H and O–H groups in total. The smallest absolute Gasteiger partial charge is 0.223 e. The molecule has 9 unspecified atom stereocenters. The number of allylic oxidation sites excluding steroid dienone is 2. The van der Waals surface area contributed by atoms with E-state index in [4.69, 9.17) is 5.73 Å². The van der Waals surface area contributed by atoms with Crippen molar-refractivity contribution in [1.29, 1.82) is 5.26 Å². The number of Topliss-reactive ketones (excluding diaryl/α,β-unsaturated/α-hetero) is 2. The summed E-state index contributed by atoms with van der Waals surface area (Å²) in [5.74, 6) is 0.296. The molecule has 0 spiro atoms. The van der Waals surface area contributed by atoms with Crippen LogP contribution < -0.4 is 5.73 Å². The predicted molar refractivity (Wildman–Crippen MR) is 140 cm³/mol. The van der Waals surface area contributed by atoms with E-state index in [1.807, 2.05) is 26.8 Å². The monoisotopic (exact) mass is 494 g/mol. The SMILES string of the molecule is CC.CC1C(=O)C(C#N)=CC2(C)C1CCC1(C)C3CCC4(C(N)=O)CCC(C)(C)CC4C3C(=O)CC21. The number of hydrogen-bond acceptors (Lipinski definition) is 4. The molecule has 4 saturated carbocycles. The third-order valence-corrected chi connectivity index (χ3v) is 11.8. The minimum atomic E-state index is -0.545. The summed E-state index contributed by atoms with van der Waals surface area (Å²) in [5, 5.41) is 9.69. The summed E-state index contributed by atoms with van der Waals surface area (Å²) < 4.78 is 0. The minimum Gasteiger partial charge on any atom is -0.369 e. The molecular formula is C31H46N2O3. The van der Waals surface area contributed by atoms with Crippen LogP contribution in [0.2, 0.25) is 0 Å². The Balaban J connectivity index is 0.00000148. The first-order valence-corrected chi connectivity index (χ1v) is 14.3. The number of nitrogens with two attached hydrogens (primary N) is 1. The van der Waals surface area contributed by atoms with Crippen molar-refractivity contribution in [3.05, 3.63) is 11.6 Å². The van der Waals surface area contributed by atoms with Crippen LogP contribution in [0.25, 0.3) is 0 Å². The van der Waals surface area contributed by atoms with E-state index in [0.717, 1.165) is 44.9 Å². The van der Waals surface area contributed by atoms with Gasteiger partial charge in [-0.15, -0.1) is 0 Å². The molecular weight excluding hydrogens is 448 g/mol. The highest BCUT2D eigenvalue weighted by Gasteiger charge is 2.67. The number of ketones is 2. The highest BCUT2D eigenvalue weighted by molar-refractivity contribution is 6.01. The van der Waals surface area contributed by atoms with Crippen LogP contribution in [-0.4, -0.2) is 17.5 Å². The third kappa shape index (κ3) is 3.57. The Morgan fingerprint density at radius 1 is 1.00 bits per heavy atom. The molecule has 1 amide bonds. The summed E-state index contributed by atoms with van der Waals surface area (Å²) in [7, 11) is 0. The van der Waals surface area contributed by atoms with Gasteiger partial charge in [0, 0.05) is 18.3 Å². The summed E-state index contributed by atoms with van der Waals surface area (Å²) in [6.07, 6.45) is 8.67. The van der Waals surface area contributed by atoms with Crippen molar-refractivity contribution < 1.29 is 14.4 Å². The minimum absolute atomic E-state index is 0.0281. The largest absolute Gasteiger partial charge is 0.369 e. The Kier molecular flexibility index (Phi) is 6.63. The highest BCUT2D eigenvalue weighted by Crippen LogP contribution is 2.70. The number of fused-ring (bicyclic) bond motifs is 7. The van der Waals surface area contributed by atoms with Crippen molar-refractivity contribution in [2.45, 2.75) is 99.8 Å². The van der Waals surface area contributed by atoms with Gasteiger partial charge in [0.2, 0.25) is 5.91 Å². The number of nitrogens with zero attached hydrogens (tertiary/aromatic N) is 1. The number of carbonyl (C=O) groups excluding carboxylic acids is 3. The number of amides is 1. The average molecular weight is 495 g/mol. The molecule has 198 valence electrons. The zero-order valence-electron chi connectivity index (χ0n) is 23.4. The van der Waals surface area contributed by atoms with Gasteiger partial charge >= 0.3 is 0 Å². The molecule has 5 aliphatic carbocycles. The molecule has 0 heterocycles. The molecule has 0 bridgehead atoms. The number of nitriles is 1. The molecule has 5 aliphatic rings. The van der Waals surface area contributed by atoms with Gasteiger partial charge in [0.1, 0.15) is 11.9 Å². The Labute approximate surface area is 217 Å². The van der Waals surface area contributed by atoms with E-state index in [1.165, 1.54) is 0 Å². The first kappa shape index (κ1) is 27.1. The Bertz CT molecular complexity index is 1040. The molecule has 9 atom stereocenters. The van der Waals surface area contributed by atoms with Crippen LogP contribution in [0.4, 0.5) is 0 Å². The molecule has 0 aromatic heterocycles. The lowest BCUT2D eigenvalue weighted by Crippen LogP contribution is -2.65. The van der Waals surface area contributed by atoms with E-state index in [9.17, 15) is 19.6 Å². The zero-order valence-corrected chi connectivity index (χ0v) is 23.4. The normalized spacial score (nSPS) is 46.9. The van der Waals surface area contributed by atoms with E-state index < -0.39 is 5.41 Å². The number of primary amides is 1. The van der Waals surface area contributed by atoms with Gasteiger partial charge in [0.25, 0.3) is 0 Å². The molecule has 0 radical (unpaired) electrons. The van der Waals surface area contributed by atoms with Crippen molar-refractivity contribution in [2.24, 2.45) is 62.9 Å². The molecule has 0 saturated heterocycles. The Hall–Kier alpha value is -1.96. The fourth-order valence-corrected chi connectivity index (χ4v) is 9.96. The first-order chi connectivity index (χ1) is 16.8. The van der Waals surface area contributed by atoms with Gasteiger partial charge in [0.15, 0.2) is 5.78 Å². The molecule has 0 aromatic carbocycles. The molecule has 0 aliphatic heterocycles. The fourth-order valence-electron chi connectivity index (χ4n) is 9.96. The number of carbonyl (C=O) groups is 3. The van der Waals surface area contributed by atoms with Crippen LogP contribution in [0, 0.1) is 68.5 Å². The molecule has 5 rings (SSSR count). The maximum Gasteiger partial charge on any atom is 0.223 e. The van der Waals surface area contributed by atoms with E-state index in [1.54, 1.807) is 0 Å². The number of hydrogen-bond donors (Lipinski definition) is 1. The van der Waals surface area contributed by atoms with Crippen LogP contribution in [0.5, 0.6) is 0 Å². The van der Waals surface area contributed by atoms with Crippen LogP contribution >= 0.6 is 0 Å². The summed E-state index contributed by atoms with van der Waals surface area (Å²) in [5.41, 5.74) is 5.53. The van der Waals surface area contributed by atoms with Gasteiger partial charge in [-0.3, -0.25) is 14.4 Å². The standard InChI is InChI=1S/C29H40N2O3.C2H6/c1-16-18-6-8-27(4)19-7-9-29(25(31)34)11-10-26(2,3)14-20(29)23(19)21(32)12-22(27)28(18,5)13-17(15-30)24(16)33;1-2/h13,16,18-20,22-23H,6-12,14H2,1-5H3,(H2,31,34);1-2H3. The van der Waals surface area contributed by atoms with Gasteiger partial charge < -0.3 is 5.73 Å². The van der Waals surface area contributed by atoms with Crippen molar-refractivity contribution >= 4 is 17.5 Å². The molecule has 0 aromatic rings. The summed E-state index contributed by atoms with van der Waals surface area (Å²) in [6.45, 7) is 15.1. The maximum atomic E-state index is 14.1. The predicted octanol–water partition coefficient (Wildman–Crippen LogP) is 6.02. The van der Waals surface area contributed by atoms with E-state index >= 15 is 0 Å². The average Bonchev–Trinajstić information content (AvgIpc) is 2.83. The van der Waals surface area contributed by atoms with Crippen LogP contribution in [0.3, 0.4) is 0 Å².